The maximum absolute atomic E-state index is 11.5. The molecule has 1 rings (SSSR count). The number of carbonyl (C=O) groups is 1. The molecule has 0 radical (unpaired) electrons. The lowest BCUT2D eigenvalue weighted by Gasteiger charge is -2.19. The normalized spacial score (nSPS) is 9.14. The lowest BCUT2D eigenvalue weighted by molar-refractivity contribution is -0.117. The second kappa shape index (κ2) is 4.97. The lowest BCUT2D eigenvalue weighted by atomic mass is 10.3. The first-order chi connectivity index (χ1) is 6.79. The van der Waals surface area contributed by atoms with E-state index in [9.17, 15) is 4.79 Å². The Balaban J connectivity index is 2.83. The molecule has 14 heavy (non-hydrogen) atoms. The molecule has 0 fully saturated rings. The highest BCUT2D eigenvalue weighted by Gasteiger charge is 2.12. The molecule has 0 aliphatic carbocycles. The van der Waals surface area contributed by atoms with Gasteiger partial charge in [-0.05, 0) is 19.1 Å². The van der Waals surface area contributed by atoms with Crippen LogP contribution in [0.3, 0.4) is 0 Å². The van der Waals surface area contributed by atoms with Crippen molar-refractivity contribution in [2.24, 2.45) is 0 Å². The summed E-state index contributed by atoms with van der Waals surface area (Å²) in [6, 6.07) is 5.34. The minimum atomic E-state index is -0.179. The van der Waals surface area contributed by atoms with Crippen molar-refractivity contribution in [2.75, 3.05) is 11.4 Å². The lowest BCUT2D eigenvalue weighted by Crippen LogP contribution is -2.29. The topological polar surface area (TPSA) is 57.0 Å². The van der Waals surface area contributed by atoms with E-state index < -0.39 is 0 Å². The van der Waals surface area contributed by atoms with Gasteiger partial charge >= 0.3 is 0 Å². The Labute approximate surface area is 82.8 Å². The van der Waals surface area contributed by atoms with Gasteiger partial charge in [0, 0.05) is 24.6 Å². The van der Waals surface area contributed by atoms with Gasteiger partial charge in [-0.25, -0.2) is 0 Å². The van der Waals surface area contributed by atoms with Crippen LogP contribution < -0.4 is 4.90 Å². The van der Waals surface area contributed by atoms with Crippen molar-refractivity contribution < 1.29 is 4.79 Å². The number of anilines is 1. The van der Waals surface area contributed by atoms with Crippen LogP contribution in [0.15, 0.2) is 24.5 Å². The molecule has 1 aromatic heterocycles. The molecule has 0 unspecified atom stereocenters. The Kier molecular flexibility index (Phi) is 3.62. The van der Waals surface area contributed by atoms with Crippen LogP contribution in [0.5, 0.6) is 0 Å². The van der Waals surface area contributed by atoms with Gasteiger partial charge in [-0.15, -0.1) is 0 Å². The maximum atomic E-state index is 11.5. The Bertz CT molecular complexity index is 342. The molecule has 0 atom stereocenters. The molecule has 0 saturated heterocycles. The molecular formula is C10H11N3O. The van der Waals surface area contributed by atoms with E-state index in [1.165, 1.54) is 0 Å². The van der Waals surface area contributed by atoms with E-state index in [1.807, 2.05) is 13.0 Å². The Morgan fingerprint density at radius 1 is 1.57 bits per heavy atom. The summed E-state index contributed by atoms with van der Waals surface area (Å²) in [5.41, 5.74) is 0.780. The Morgan fingerprint density at radius 3 is 2.71 bits per heavy atom. The van der Waals surface area contributed by atoms with Gasteiger partial charge in [0.25, 0.3) is 0 Å². The number of rotatable bonds is 3. The van der Waals surface area contributed by atoms with Crippen molar-refractivity contribution in [1.29, 1.82) is 5.26 Å². The fourth-order valence-electron chi connectivity index (χ4n) is 1.19. The Hall–Kier alpha value is -1.89. The standard InChI is InChI=1S/C10H11N3O/c1-2-13(10(14)3-6-11)9-4-7-12-8-5-9/h4-5,7-8H,2-3H2,1H3. The van der Waals surface area contributed by atoms with Gasteiger partial charge in [0.05, 0.1) is 6.07 Å². The van der Waals surface area contributed by atoms with E-state index in [1.54, 1.807) is 29.4 Å². The predicted molar refractivity (Wildman–Crippen MR) is 52.5 cm³/mol. The van der Waals surface area contributed by atoms with E-state index in [-0.39, 0.29) is 12.3 Å². The van der Waals surface area contributed by atoms with Crippen LogP contribution in [0.4, 0.5) is 5.69 Å². The summed E-state index contributed by atoms with van der Waals surface area (Å²) in [5.74, 6) is -0.179. The first-order valence-corrected chi connectivity index (χ1v) is 4.37. The first-order valence-electron chi connectivity index (χ1n) is 4.37. The molecule has 0 bridgehead atoms. The summed E-state index contributed by atoms with van der Waals surface area (Å²) >= 11 is 0. The van der Waals surface area contributed by atoms with Crippen LogP contribution in [-0.4, -0.2) is 17.4 Å². The van der Waals surface area contributed by atoms with E-state index >= 15 is 0 Å². The quantitative estimate of drug-likeness (QED) is 0.721. The molecule has 0 aliphatic rings. The zero-order chi connectivity index (χ0) is 10.4. The van der Waals surface area contributed by atoms with Crippen LogP contribution in [0.2, 0.25) is 0 Å². The third-order valence-corrected chi connectivity index (χ3v) is 1.82. The van der Waals surface area contributed by atoms with Crippen molar-refractivity contribution in [1.82, 2.24) is 4.98 Å². The first kappa shape index (κ1) is 10.2. The summed E-state index contributed by atoms with van der Waals surface area (Å²) in [4.78, 5) is 16.9. The second-order valence-electron chi connectivity index (χ2n) is 2.68. The van der Waals surface area contributed by atoms with Crippen molar-refractivity contribution in [3.05, 3.63) is 24.5 Å². The molecule has 0 aromatic carbocycles. The molecule has 1 amide bonds. The van der Waals surface area contributed by atoms with Crippen LogP contribution in [0.25, 0.3) is 0 Å². The summed E-state index contributed by atoms with van der Waals surface area (Å²) in [5, 5.41) is 8.42. The molecule has 0 N–H and O–H groups in total. The van der Waals surface area contributed by atoms with Gasteiger partial charge < -0.3 is 4.90 Å². The van der Waals surface area contributed by atoms with Crippen LogP contribution in [0, 0.1) is 11.3 Å². The number of aromatic nitrogens is 1. The highest BCUT2D eigenvalue weighted by atomic mass is 16.2. The smallest absolute Gasteiger partial charge is 0.241 e. The summed E-state index contributed by atoms with van der Waals surface area (Å²) in [6.45, 7) is 2.43. The van der Waals surface area contributed by atoms with Gasteiger partial charge in [0.15, 0.2) is 0 Å². The van der Waals surface area contributed by atoms with Gasteiger partial charge in [-0.3, -0.25) is 9.78 Å². The number of pyridine rings is 1. The average Bonchev–Trinajstić information content (AvgIpc) is 2.21. The van der Waals surface area contributed by atoms with Crippen LogP contribution in [0.1, 0.15) is 13.3 Å². The van der Waals surface area contributed by atoms with E-state index in [0.29, 0.717) is 6.54 Å². The number of hydrogen-bond acceptors (Lipinski definition) is 3. The number of nitrogens with zero attached hydrogens (tertiary/aromatic N) is 3. The minimum absolute atomic E-state index is 0.0871. The predicted octanol–water partition coefficient (Wildman–Crippen LogP) is 1.35. The average molecular weight is 189 g/mol. The van der Waals surface area contributed by atoms with Gasteiger partial charge in [-0.1, -0.05) is 0 Å². The minimum Gasteiger partial charge on any atom is -0.312 e. The fraction of sp³-hybridized carbons (Fsp3) is 0.300. The molecule has 0 aliphatic heterocycles. The van der Waals surface area contributed by atoms with Crippen LogP contribution >= 0.6 is 0 Å². The van der Waals surface area contributed by atoms with E-state index in [4.69, 9.17) is 5.26 Å². The number of carbonyl (C=O) groups excluding carboxylic acids is 1. The van der Waals surface area contributed by atoms with E-state index in [0.717, 1.165) is 5.69 Å². The molecule has 0 spiro atoms. The largest absolute Gasteiger partial charge is 0.312 e. The summed E-state index contributed by atoms with van der Waals surface area (Å²) in [6.07, 6.45) is 3.16. The summed E-state index contributed by atoms with van der Waals surface area (Å²) in [7, 11) is 0. The third kappa shape index (κ3) is 2.30. The Morgan fingerprint density at radius 2 is 2.21 bits per heavy atom. The SMILES string of the molecule is CCN(C(=O)CC#N)c1ccncc1. The molecule has 72 valence electrons. The van der Waals surface area contributed by atoms with Gasteiger partial charge in [-0.2, -0.15) is 5.26 Å². The maximum Gasteiger partial charge on any atom is 0.241 e. The number of nitriles is 1. The van der Waals surface area contributed by atoms with Crippen molar-refractivity contribution >= 4 is 11.6 Å². The van der Waals surface area contributed by atoms with Crippen molar-refractivity contribution in [3.63, 3.8) is 0 Å². The molecule has 1 aromatic rings. The highest BCUT2D eigenvalue weighted by molar-refractivity contribution is 5.94. The van der Waals surface area contributed by atoms with Crippen molar-refractivity contribution in [2.45, 2.75) is 13.3 Å². The number of amides is 1. The summed E-state index contributed by atoms with van der Waals surface area (Å²) < 4.78 is 0. The van der Waals surface area contributed by atoms with Crippen molar-refractivity contribution in [3.8, 4) is 6.07 Å². The number of hydrogen-bond donors (Lipinski definition) is 0. The highest BCUT2D eigenvalue weighted by Crippen LogP contribution is 2.12. The molecule has 0 saturated carbocycles. The van der Waals surface area contributed by atoms with Gasteiger partial charge in [0.1, 0.15) is 6.42 Å². The molecular weight excluding hydrogens is 178 g/mol. The van der Waals surface area contributed by atoms with Gasteiger partial charge in [0.2, 0.25) is 5.91 Å². The second-order valence-corrected chi connectivity index (χ2v) is 2.68. The molecule has 1 heterocycles. The zero-order valence-electron chi connectivity index (χ0n) is 7.97. The monoisotopic (exact) mass is 189 g/mol. The zero-order valence-corrected chi connectivity index (χ0v) is 7.97. The van der Waals surface area contributed by atoms with Crippen LogP contribution in [-0.2, 0) is 4.79 Å². The third-order valence-electron chi connectivity index (χ3n) is 1.82. The fourth-order valence-corrected chi connectivity index (χ4v) is 1.19. The molecule has 4 nitrogen and oxygen atoms in total. The van der Waals surface area contributed by atoms with E-state index in [2.05, 4.69) is 4.98 Å². The molecule has 4 heteroatoms.